The van der Waals surface area contributed by atoms with Crippen molar-refractivity contribution in [1.29, 1.82) is 0 Å². The summed E-state index contributed by atoms with van der Waals surface area (Å²) in [6.07, 6.45) is 2.46. The van der Waals surface area contributed by atoms with E-state index < -0.39 is 0 Å². The highest BCUT2D eigenvalue weighted by atomic mass is 16.5. The minimum atomic E-state index is 0.482. The van der Waals surface area contributed by atoms with Gasteiger partial charge in [-0.2, -0.15) is 0 Å². The molecule has 1 aromatic heterocycles. The molecule has 0 aliphatic heterocycles. The Kier molecular flexibility index (Phi) is 8.35. The summed E-state index contributed by atoms with van der Waals surface area (Å²) in [6, 6.07) is 9.55. The number of furan rings is 1. The summed E-state index contributed by atoms with van der Waals surface area (Å²) in [5, 5.41) is 6.55. The first-order valence-electron chi connectivity index (χ1n) is 8.51. The van der Waals surface area contributed by atoms with Gasteiger partial charge in [0.05, 0.1) is 33.6 Å². The molecule has 2 aromatic rings. The molecule has 0 aliphatic rings. The number of benzene rings is 1. The number of hydrogen-bond acceptors (Lipinski definition) is 5. The summed E-state index contributed by atoms with van der Waals surface area (Å²) >= 11 is 0. The number of rotatable bonds is 10. The van der Waals surface area contributed by atoms with Crippen LogP contribution in [-0.2, 0) is 17.7 Å². The van der Waals surface area contributed by atoms with Crippen LogP contribution in [0.3, 0.4) is 0 Å². The minimum absolute atomic E-state index is 0.482. The van der Waals surface area contributed by atoms with E-state index in [0.717, 1.165) is 29.2 Å². The van der Waals surface area contributed by atoms with E-state index in [1.165, 1.54) is 0 Å². The molecule has 0 spiro atoms. The lowest BCUT2D eigenvalue weighted by molar-refractivity contribution is 0.203. The van der Waals surface area contributed by atoms with Crippen LogP contribution in [0.1, 0.15) is 11.3 Å². The molecule has 2 N–H and O–H groups in total. The van der Waals surface area contributed by atoms with Crippen LogP contribution < -0.4 is 20.1 Å². The molecular weight excluding hydrogens is 334 g/mol. The zero-order chi connectivity index (χ0) is 18.6. The van der Waals surface area contributed by atoms with E-state index in [1.54, 1.807) is 27.6 Å². The third-order valence-corrected chi connectivity index (χ3v) is 3.74. The van der Waals surface area contributed by atoms with Crippen molar-refractivity contribution in [1.82, 2.24) is 10.6 Å². The highest BCUT2D eigenvalue weighted by Gasteiger charge is 2.06. The average Bonchev–Trinajstić information content (AvgIpc) is 3.19. The fraction of sp³-hybridized carbons (Fsp3) is 0.421. The van der Waals surface area contributed by atoms with Crippen molar-refractivity contribution in [3.8, 4) is 11.5 Å². The fourth-order valence-corrected chi connectivity index (χ4v) is 2.35. The van der Waals surface area contributed by atoms with Crippen molar-refractivity contribution in [2.45, 2.75) is 13.0 Å². The molecule has 0 fully saturated rings. The zero-order valence-electron chi connectivity index (χ0n) is 15.6. The normalized spacial score (nSPS) is 11.3. The Morgan fingerprint density at radius 3 is 2.62 bits per heavy atom. The van der Waals surface area contributed by atoms with Gasteiger partial charge in [-0.15, -0.1) is 0 Å². The first-order chi connectivity index (χ1) is 12.8. The molecule has 2 rings (SSSR count). The van der Waals surface area contributed by atoms with Gasteiger partial charge in [0.1, 0.15) is 17.3 Å². The predicted octanol–water partition coefficient (Wildman–Crippen LogP) is 2.22. The standard InChI is InChI=1S/C19H27N3O4/c1-23-12-10-21-19(20-9-8-16-5-4-11-26-16)22-14-15-6-7-17(24-2)13-18(15)25-3/h4-7,11,13H,8-10,12,14H2,1-3H3,(H2,20,21,22). The van der Waals surface area contributed by atoms with Gasteiger partial charge in [-0.25, -0.2) is 4.99 Å². The summed E-state index contributed by atoms with van der Waals surface area (Å²) in [5.74, 6) is 3.15. The van der Waals surface area contributed by atoms with Crippen LogP contribution >= 0.6 is 0 Å². The Labute approximate surface area is 154 Å². The van der Waals surface area contributed by atoms with Crippen LogP contribution in [0.15, 0.2) is 46.0 Å². The van der Waals surface area contributed by atoms with Crippen molar-refractivity contribution in [3.63, 3.8) is 0 Å². The largest absolute Gasteiger partial charge is 0.497 e. The monoisotopic (exact) mass is 361 g/mol. The highest BCUT2D eigenvalue weighted by Crippen LogP contribution is 2.25. The second-order valence-corrected chi connectivity index (χ2v) is 5.52. The lowest BCUT2D eigenvalue weighted by Gasteiger charge is -2.13. The van der Waals surface area contributed by atoms with Gasteiger partial charge in [-0.05, 0) is 24.3 Å². The topological polar surface area (TPSA) is 77.2 Å². The molecule has 0 radical (unpaired) electrons. The molecule has 142 valence electrons. The van der Waals surface area contributed by atoms with E-state index in [4.69, 9.17) is 18.6 Å². The number of methoxy groups -OCH3 is 3. The van der Waals surface area contributed by atoms with Crippen molar-refractivity contribution in [3.05, 3.63) is 47.9 Å². The molecule has 0 saturated heterocycles. The van der Waals surface area contributed by atoms with Crippen LogP contribution in [-0.4, -0.2) is 47.0 Å². The van der Waals surface area contributed by atoms with Gasteiger partial charge in [-0.3, -0.25) is 0 Å². The molecule has 1 aromatic carbocycles. The zero-order valence-corrected chi connectivity index (χ0v) is 15.6. The Balaban J connectivity index is 1.98. The van der Waals surface area contributed by atoms with Crippen molar-refractivity contribution >= 4 is 5.96 Å². The Bertz CT molecular complexity index is 671. The van der Waals surface area contributed by atoms with E-state index >= 15 is 0 Å². The molecule has 0 unspecified atom stereocenters. The number of nitrogens with zero attached hydrogens (tertiary/aromatic N) is 1. The van der Waals surface area contributed by atoms with Crippen LogP contribution in [0.4, 0.5) is 0 Å². The van der Waals surface area contributed by atoms with Gasteiger partial charge >= 0.3 is 0 Å². The maximum absolute atomic E-state index is 5.43. The quantitative estimate of drug-likeness (QED) is 0.384. The molecule has 0 saturated carbocycles. The first kappa shape index (κ1) is 19.7. The fourth-order valence-electron chi connectivity index (χ4n) is 2.35. The van der Waals surface area contributed by atoms with Gasteiger partial charge in [0, 0.05) is 38.2 Å². The van der Waals surface area contributed by atoms with Crippen LogP contribution in [0.2, 0.25) is 0 Å². The number of hydrogen-bond donors (Lipinski definition) is 2. The summed E-state index contributed by atoms with van der Waals surface area (Å²) < 4.78 is 21.1. The minimum Gasteiger partial charge on any atom is -0.497 e. The summed E-state index contributed by atoms with van der Waals surface area (Å²) in [6.45, 7) is 2.47. The van der Waals surface area contributed by atoms with E-state index in [2.05, 4.69) is 15.6 Å². The Hall–Kier alpha value is -2.67. The molecular formula is C19H27N3O4. The van der Waals surface area contributed by atoms with Crippen molar-refractivity contribution in [2.75, 3.05) is 41.0 Å². The van der Waals surface area contributed by atoms with Gasteiger partial charge in [0.15, 0.2) is 5.96 Å². The van der Waals surface area contributed by atoms with E-state index in [1.807, 2.05) is 30.3 Å². The average molecular weight is 361 g/mol. The molecule has 0 atom stereocenters. The third kappa shape index (κ3) is 6.33. The second kappa shape index (κ2) is 11.0. The molecule has 7 nitrogen and oxygen atoms in total. The van der Waals surface area contributed by atoms with Crippen molar-refractivity contribution < 1.29 is 18.6 Å². The Morgan fingerprint density at radius 2 is 1.92 bits per heavy atom. The number of ether oxygens (including phenoxy) is 3. The van der Waals surface area contributed by atoms with Crippen LogP contribution in [0.25, 0.3) is 0 Å². The molecule has 0 amide bonds. The van der Waals surface area contributed by atoms with Gasteiger partial charge in [0.25, 0.3) is 0 Å². The van der Waals surface area contributed by atoms with E-state index in [9.17, 15) is 0 Å². The van der Waals surface area contributed by atoms with Gasteiger partial charge in [0.2, 0.25) is 0 Å². The predicted molar refractivity (Wildman–Crippen MR) is 101 cm³/mol. The summed E-state index contributed by atoms with van der Waals surface area (Å²) in [4.78, 5) is 4.64. The summed E-state index contributed by atoms with van der Waals surface area (Å²) in [5.41, 5.74) is 0.979. The smallest absolute Gasteiger partial charge is 0.191 e. The molecule has 7 heteroatoms. The maximum Gasteiger partial charge on any atom is 0.191 e. The van der Waals surface area contributed by atoms with E-state index in [0.29, 0.717) is 32.2 Å². The van der Waals surface area contributed by atoms with Crippen molar-refractivity contribution in [2.24, 2.45) is 4.99 Å². The van der Waals surface area contributed by atoms with Gasteiger partial charge < -0.3 is 29.3 Å². The lowest BCUT2D eigenvalue weighted by Crippen LogP contribution is -2.40. The SMILES string of the molecule is COCCNC(=NCc1ccc(OC)cc1OC)NCCc1ccco1. The molecule has 0 aliphatic carbocycles. The third-order valence-electron chi connectivity index (χ3n) is 3.74. The Morgan fingerprint density at radius 1 is 1.08 bits per heavy atom. The molecule has 1 heterocycles. The van der Waals surface area contributed by atoms with Gasteiger partial charge in [-0.1, -0.05) is 0 Å². The molecule has 0 bridgehead atoms. The number of guanidine groups is 1. The molecule has 26 heavy (non-hydrogen) atoms. The second-order valence-electron chi connectivity index (χ2n) is 5.52. The van der Waals surface area contributed by atoms with E-state index in [-0.39, 0.29) is 0 Å². The number of nitrogens with one attached hydrogen (secondary N) is 2. The lowest BCUT2D eigenvalue weighted by atomic mass is 10.2. The van der Waals surface area contributed by atoms with Crippen LogP contribution in [0, 0.1) is 0 Å². The highest BCUT2D eigenvalue weighted by molar-refractivity contribution is 5.79. The maximum atomic E-state index is 5.43. The summed E-state index contributed by atoms with van der Waals surface area (Å²) in [7, 11) is 4.94. The van der Waals surface area contributed by atoms with Crippen LogP contribution in [0.5, 0.6) is 11.5 Å². The number of aliphatic imine (C=N–C) groups is 1. The first-order valence-corrected chi connectivity index (χ1v) is 8.51.